The van der Waals surface area contributed by atoms with E-state index in [9.17, 15) is 14.4 Å². The molecule has 142 valence electrons. The van der Waals surface area contributed by atoms with Crippen LogP contribution in [0.25, 0.3) is 0 Å². The van der Waals surface area contributed by atoms with Gasteiger partial charge in [-0.05, 0) is 68.5 Å². The molecule has 1 heterocycles. The molecule has 1 aliphatic rings. The van der Waals surface area contributed by atoms with Gasteiger partial charge in [-0.1, -0.05) is 0 Å². The number of carbonyl (C=O) groups is 3. The van der Waals surface area contributed by atoms with Crippen molar-refractivity contribution < 1.29 is 23.9 Å². The molecule has 0 bridgehead atoms. The smallest absolute Gasteiger partial charge is 0.348 e. The molecule has 3 rings (SSSR count). The van der Waals surface area contributed by atoms with Crippen LogP contribution in [0.1, 0.15) is 50.2 Å². The lowest BCUT2D eigenvalue weighted by atomic mass is 9.99. The van der Waals surface area contributed by atoms with Crippen molar-refractivity contribution in [2.45, 2.75) is 32.6 Å². The number of thiophene rings is 1. The standard InChI is InChI=1S/C20H21NO5S/c1-2-25-19(23)13-7-9-15(10-8-13)21-18(22)12-26-20(24)17-11-14-5-3-4-6-16(14)27-17/h7-11H,2-6,12H2,1H3,(H,21,22). The van der Waals surface area contributed by atoms with E-state index in [0.29, 0.717) is 22.7 Å². The van der Waals surface area contributed by atoms with E-state index in [-0.39, 0.29) is 6.61 Å². The number of rotatable bonds is 6. The largest absolute Gasteiger partial charge is 0.462 e. The molecular weight excluding hydrogens is 366 g/mol. The van der Waals surface area contributed by atoms with Crippen LogP contribution in [0.15, 0.2) is 30.3 Å². The zero-order valence-electron chi connectivity index (χ0n) is 15.1. The third-order valence-corrected chi connectivity index (χ3v) is 5.43. The minimum absolute atomic E-state index is 0.302. The van der Waals surface area contributed by atoms with E-state index in [1.54, 1.807) is 31.2 Å². The van der Waals surface area contributed by atoms with Crippen LogP contribution in [-0.4, -0.2) is 31.1 Å². The lowest BCUT2D eigenvalue weighted by molar-refractivity contribution is -0.119. The van der Waals surface area contributed by atoms with Crippen LogP contribution in [0.3, 0.4) is 0 Å². The number of anilines is 1. The molecular formula is C20H21NO5S. The van der Waals surface area contributed by atoms with Crippen molar-refractivity contribution >= 4 is 34.9 Å². The van der Waals surface area contributed by atoms with Crippen molar-refractivity contribution in [2.24, 2.45) is 0 Å². The quantitative estimate of drug-likeness (QED) is 0.766. The first-order valence-corrected chi connectivity index (χ1v) is 9.74. The molecule has 0 saturated carbocycles. The maximum atomic E-state index is 12.2. The fourth-order valence-electron chi connectivity index (χ4n) is 2.89. The molecule has 0 atom stereocenters. The molecule has 6 nitrogen and oxygen atoms in total. The molecule has 1 N–H and O–H groups in total. The van der Waals surface area contributed by atoms with Crippen LogP contribution in [-0.2, 0) is 27.1 Å². The Bertz CT molecular complexity index is 817. The van der Waals surface area contributed by atoms with Crippen LogP contribution >= 0.6 is 11.3 Å². The molecule has 7 heteroatoms. The Morgan fingerprint density at radius 3 is 2.48 bits per heavy atom. The first kappa shape index (κ1) is 19.1. The predicted octanol–water partition coefficient (Wildman–Crippen LogP) is 3.60. The zero-order chi connectivity index (χ0) is 19.2. The number of hydrogen-bond acceptors (Lipinski definition) is 6. The van der Waals surface area contributed by atoms with Crippen molar-refractivity contribution in [2.75, 3.05) is 18.5 Å². The Balaban J connectivity index is 1.50. The Morgan fingerprint density at radius 2 is 1.78 bits per heavy atom. The molecule has 2 aromatic rings. The van der Waals surface area contributed by atoms with Gasteiger partial charge in [0.2, 0.25) is 0 Å². The Morgan fingerprint density at radius 1 is 1.04 bits per heavy atom. The molecule has 0 unspecified atom stereocenters. The highest BCUT2D eigenvalue weighted by atomic mass is 32.1. The summed E-state index contributed by atoms with van der Waals surface area (Å²) in [6.45, 7) is 1.68. The van der Waals surface area contributed by atoms with E-state index in [4.69, 9.17) is 9.47 Å². The second-order valence-electron chi connectivity index (χ2n) is 6.19. The van der Waals surface area contributed by atoms with E-state index < -0.39 is 17.8 Å². The number of hydrogen-bond donors (Lipinski definition) is 1. The highest BCUT2D eigenvalue weighted by molar-refractivity contribution is 7.14. The molecule has 27 heavy (non-hydrogen) atoms. The van der Waals surface area contributed by atoms with Gasteiger partial charge in [-0.3, -0.25) is 4.79 Å². The highest BCUT2D eigenvalue weighted by Gasteiger charge is 2.19. The molecule has 1 aromatic heterocycles. The summed E-state index contributed by atoms with van der Waals surface area (Å²) in [6.07, 6.45) is 4.31. The SMILES string of the molecule is CCOC(=O)c1ccc(NC(=O)COC(=O)c2cc3c(s2)CCCC3)cc1. The second kappa shape index (κ2) is 8.81. The summed E-state index contributed by atoms with van der Waals surface area (Å²) in [5.74, 6) is -1.32. The zero-order valence-corrected chi connectivity index (χ0v) is 15.9. The van der Waals surface area contributed by atoms with Crippen LogP contribution in [0, 0.1) is 0 Å². The van der Waals surface area contributed by atoms with Crippen LogP contribution in [0.4, 0.5) is 5.69 Å². The van der Waals surface area contributed by atoms with Crippen LogP contribution in [0.2, 0.25) is 0 Å². The van der Waals surface area contributed by atoms with Crippen molar-refractivity contribution in [1.29, 1.82) is 0 Å². The number of ether oxygens (including phenoxy) is 2. The molecule has 0 aliphatic heterocycles. The van der Waals surface area contributed by atoms with Gasteiger partial charge in [0, 0.05) is 10.6 Å². The average Bonchev–Trinajstić information content (AvgIpc) is 3.11. The summed E-state index contributed by atoms with van der Waals surface area (Å²) in [5.41, 5.74) is 2.14. The first-order valence-electron chi connectivity index (χ1n) is 8.92. The molecule has 0 saturated heterocycles. The number of carbonyl (C=O) groups excluding carboxylic acids is 3. The van der Waals surface area contributed by atoms with Gasteiger partial charge in [0.1, 0.15) is 4.88 Å². The summed E-state index contributed by atoms with van der Waals surface area (Å²) < 4.78 is 10.0. The summed E-state index contributed by atoms with van der Waals surface area (Å²) in [5, 5.41) is 2.63. The van der Waals surface area contributed by atoms with Gasteiger partial charge in [-0.25, -0.2) is 9.59 Å². The number of benzene rings is 1. The Labute approximate surface area is 161 Å². The summed E-state index contributed by atoms with van der Waals surface area (Å²) in [6, 6.07) is 8.21. The molecule has 0 spiro atoms. The Hall–Kier alpha value is -2.67. The fourth-order valence-corrected chi connectivity index (χ4v) is 4.04. The van der Waals surface area contributed by atoms with Gasteiger partial charge in [-0.2, -0.15) is 0 Å². The number of amides is 1. The maximum absolute atomic E-state index is 12.2. The molecule has 1 amide bonds. The minimum Gasteiger partial charge on any atom is -0.462 e. The third kappa shape index (κ3) is 4.95. The normalized spacial score (nSPS) is 12.8. The first-order chi connectivity index (χ1) is 13.1. The number of aryl methyl sites for hydroxylation is 2. The maximum Gasteiger partial charge on any atom is 0.348 e. The topological polar surface area (TPSA) is 81.7 Å². The average molecular weight is 387 g/mol. The van der Waals surface area contributed by atoms with Crippen molar-refractivity contribution in [3.05, 3.63) is 51.2 Å². The van der Waals surface area contributed by atoms with Gasteiger partial charge in [0.25, 0.3) is 5.91 Å². The molecule has 1 aliphatic carbocycles. The lowest BCUT2D eigenvalue weighted by Gasteiger charge is -2.08. The van der Waals surface area contributed by atoms with Gasteiger partial charge in [0.05, 0.1) is 12.2 Å². The minimum atomic E-state index is -0.470. The Kier molecular flexibility index (Phi) is 6.24. The van der Waals surface area contributed by atoms with E-state index in [1.165, 1.54) is 21.8 Å². The van der Waals surface area contributed by atoms with Gasteiger partial charge in [-0.15, -0.1) is 11.3 Å². The van der Waals surface area contributed by atoms with Gasteiger partial charge < -0.3 is 14.8 Å². The van der Waals surface area contributed by atoms with Crippen molar-refractivity contribution in [3.63, 3.8) is 0 Å². The van der Waals surface area contributed by atoms with Gasteiger partial charge in [0.15, 0.2) is 6.61 Å². The molecule has 0 radical (unpaired) electrons. The summed E-state index contributed by atoms with van der Waals surface area (Å²) in [7, 11) is 0. The fraction of sp³-hybridized carbons (Fsp3) is 0.350. The van der Waals surface area contributed by atoms with E-state index in [1.807, 2.05) is 6.07 Å². The number of fused-ring (bicyclic) bond motifs is 1. The second-order valence-corrected chi connectivity index (χ2v) is 7.33. The van der Waals surface area contributed by atoms with E-state index in [2.05, 4.69) is 5.32 Å². The van der Waals surface area contributed by atoms with E-state index in [0.717, 1.165) is 25.7 Å². The molecule has 0 fully saturated rings. The number of nitrogens with one attached hydrogen (secondary N) is 1. The summed E-state index contributed by atoms with van der Waals surface area (Å²) >= 11 is 1.46. The van der Waals surface area contributed by atoms with Crippen molar-refractivity contribution in [3.8, 4) is 0 Å². The third-order valence-electron chi connectivity index (χ3n) is 4.21. The van der Waals surface area contributed by atoms with E-state index >= 15 is 0 Å². The summed E-state index contributed by atoms with van der Waals surface area (Å²) in [4.78, 5) is 37.5. The highest BCUT2D eigenvalue weighted by Crippen LogP contribution is 2.30. The predicted molar refractivity (Wildman–Crippen MR) is 102 cm³/mol. The van der Waals surface area contributed by atoms with Gasteiger partial charge >= 0.3 is 11.9 Å². The number of esters is 2. The lowest BCUT2D eigenvalue weighted by Crippen LogP contribution is -2.20. The van der Waals surface area contributed by atoms with Crippen molar-refractivity contribution in [1.82, 2.24) is 0 Å². The van der Waals surface area contributed by atoms with Crippen LogP contribution in [0.5, 0.6) is 0 Å². The van der Waals surface area contributed by atoms with Crippen LogP contribution < -0.4 is 5.32 Å². The molecule has 1 aromatic carbocycles. The monoisotopic (exact) mass is 387 g/mol.